The molecule has 0 saturated heterocycles. The number of hydrogen-bond acceptors (Lipinski definition) is 5. The van der Waals surface area contributed by atoms with Gasteiger partial charge in [-0.25, -0.2) is 18.5 Å². The van der Waals surface area contributed by atoms with Gasteiger partial charge in [0.2, 0.25) is 0 Å². The number of carbonyl (C=O) groups is 1. The van der Waals surface area contributed by atoms with Gasteiger partial charge in [-0.1, -0.05) is 6.07 Å². The Hall–Kier alpha value is -2.39. The van der Waals surface area contributed by atoms with E-state index in [9.17, 15) is 9.00 Å². The van der Waals surface area contributed by atoms with Crippen molar-refractivity contribution in [2.75, 3.05) is 26.0 Å². The highest BCUT2D eigenvalue weighted by Gasteiger charge is 2.26. The number of carbonyl (C=O) groups excluding carboxylic acids is 1. The smallest absolute Gasteiger partial charge is 0.308 e. The Kier molecular flexibility index (Phi) is 5.35. The lowest BCUT2D eigenvalue weighted by molar-refractivity contribution is 0.256. The highest BCUT2D eigenvalue weighted by molar-refractivity contribution is 7.91. The summed E-state index contributed by atoms with van der Waals surface area (Å²) >= 11 is 0. The molecule has 1 aromatic heterocycles. The van der Waals surface area contributed by atoms with E-state index in [1.165, 1.54) is 28.3 Å². The van der Waals surface area contributed by atoms with Gasteiger partial charge in [0.15, 0.2) is 14.9 Å². The molecule has 1 heterocycles. The first-order valence-electron chi connectivity index (χ1n) is 10.1. The molecule has 2 aliphatic rings. The second-order valence-corrected chi connectivity index (χ2v) is 9.80. The maximum absolute atomic E-state index is 12.8. The summed E-state index contributed by atoms with van der Waals surface area (Å²) in [5.41, 5.74) is 5.89. The van der Waals surface area contributed by atoms with Gasteiger partial charge in [-0.15, -0.1) is 0 Å². The Morgan fingerprint density at radius 3 is 2.48 bits per heavy atom. The molecule has 29 heavy (non-hydrogen) atoms. The van der Waals surface area contributed by atoms with Crippen molar-refractivity contribution < 1.29 is 9.00 Å². The lowest BCUT2D eigenvalue weighted by Crippen LogP contribution is -2.34. The molecule has 3 N–H and O–H groups in total. The summed E-state index contributed by atoms with van der Waals surface area (Å²) in [4.78, 5) is 14.7. The summed E-state index contributed by atoms with van der Waals surface area (Å²) in [6, 6.07) is 3.22. The first kappa shape index (κ1) is 19.9. The summed E-state index contributed by atoms with van der Waals surface area (Å²) in [6.07, 6.45) is 7.85. The van der Waals surface area contributed by atoms with Gasteiger partial charge in [-0.05, 0) is 80.9 Å². The number of amides is 2. The number of aryl methyl sites for hydroxylation is 2. The molecule has 0 radical (unpaired) electrons. The highest BCUT2D eigenvalue weighted by Crippen LogP contribution is 2.38. The van der Waals surface area contributed by atoms with Crippen LogP contribution in [0.25, 0.3) is 0 Å². The van der Waals surface area contributed by atoms with Gasteiger partial charge in [0.1, 0.15) is 0 Å². The minimum atomic E-state index is -3.53. The zero-order valence-corrected chi connectivity index (χ0v) is 17.8. The van der Waals surface area contributed by atoms with Crippen LogP contribution >= 0.6 is 0 Å². The van der Waals surface area contributed by atoms with E-state index in [-0.39, 0.29) is 5.03 Å². The number of fused-ring (bicyclic) bond motifs is 2. The van der Waals surface area contributed by atoms with Crippen LogP contribution < -0.4 is 10.0 Å². The van der Waals surface area contributed by atoms with Crippen molar-refractivity contribution >= 4 is 21.6 Å². The highest BCUT2D eigenvalue weighted by atomic mass is 32.2. The van der Waals surface area contributed by atoms with Crippen molar-refractivity contribution in [3.63, 3.8) is 0 Å². The molecule has 156 valence electrons. The second kappa shape index (κ2) is 7.79. The van der Waals surface area contributed by atoms with E-state index in [4.69, 9.17) is 4.78 Å². The average Bonchev–Trinajstić information content (AvgIpc) is 3.39. The van der Waals surface area contributed by atoms with Crippen molar-refractivity contribution in [3.8, 4) is 0 Å². The van der Waals surface area contributed by atoms with Gasteiger partial charge in [0.05, 0.1) is 6.54 Å². The molecule has 0 aliphatic heterocycles. The van der Waals surface area contributed by atoms with E-state index in [0.29, 0.717) is 6.54 Å². The third-order valence-corrected chi connectivity index (χ3v) is 6.91. The molecular formula is C20H28N6O2S. The van der Waals surface area contributed by atoms with Crippen LogP contribution in [0.4, 0.5) is 10.5 Å². The van der Waals surface area contributed by atoms with Gasteiger partial charge in [-0.2, -0.15) is 5.10 Å². The zero-order valence-electron chi connectivity index (χ0n) is 17.0. The molecule has 2 amide bonds. The van der Waals surface area contributed by atoms with Gasteiger partial charge in [-0.3, -0.25) is 4.68 Å². The fraction of sp³-hybridized carbons (Fsp3) is 0.500. The van der Waals surface area contributed by atoms with Crippen LogP contribution in [0.3, 0.4) is 0 Å². The van der Waals surface area contributed by atoms with Crippen molar-refractivity contribution in [2.24, 2.45) is 0 Å². The Balaban J connectivity index is 1.49. The van der Waals surface area contributed by atoms with Gasteiger partial charge in [0, 0.05) is 18.4 Å². The van der Waals surface area contributed by atoms with Gasteiger partial charge >= 0.3 is 6.03 Å². The monoisotopic (exact) mass is 416 g/mol. The first-order chi connectivity index (χ1) is 13.8. The van der Waals surface area contributed by atoms with Crippen molar-refractivity contribution in [1.29, 1.82) is 4.78 Å². The molecule has 0 spiro atoms. The predicted molar refractivity (Wildman–Crippen MR) is 113 cm³/mol. The first-order valence-corrected chi connectivity index (χ1v) is 11.6. The molecule has 0 saturated carbocycles. The quantitative estimate of drug-likeness (QED) is 0.673. The molecular weight excluding hydrogens is 388 g/mol. The molecule has 9 heteroatoms. The molecule has 8 nitrogen and oxygen atoms in total. The minimum Gasteiger partial charge on any atom is -0.308 e. The molecule has 2 aromatic rings. The number of rotatable bonds is 6. The van der Waals surface area contributed by atoms with Crippen LogP contribution in [0, 0.1) is 4.78 Å². The number of aromatic nitrogens is 2. The summed E-state index contributed by atoms with van der Waals surface area (Å²) < 4.78 is 25.0. The molecule has 1 atom stereocenters. The van der Waals surface area contributed by atoms with E-state index in [0.717, 1.165) is 50.8 Å². The standard InChI is InChI=1S/C20H28N6O2S/c1-25(2)11-12-26-10-9-18(23-26)29(21,28)24-20(27)22-19-16-7-3-5-14(16)13-15-6-4-8-17(15)19/h9-10,13H,3-8,11-12H2,1-2H3,(H3,21,22,24,27,28). The predicted octanol–water partition coefficient (Wildman–Crippen LogP) is 2.56. The van der Waals surface area contributed by atoms with Gasteiger partial charge in [0.25, 0.3) is 0 Å². The number of benzene rings is 1. The van der Waals surface area contributed by atoms with Crippen LogP contribution in [0.15, 0.2) is 23.4 Å². The van der Waals surface area contributed by atoms with E-state index in [1.807, 2.05) is 19.0 Å². The van der Waals surface area contributed by atoms with Crippen LogP contribution in [-0.2, 0) is 42.1 Å². The summed E-state index contributed by atoms with van der Waals surface area (Å²) in [7, 11) is 0.386. The number of nitrogens with one attached hydrogen (secondary N) is 3. The fourth-order valence-corrected chi connectivity index (χ4v) is 5.10. The Bertz CT molecular complexity index is 1010. The largest absolute Gasteiger partial charge is 0.332 e. The third kappa shape index (κ3) is 4.16. The number of anilines is 1. The number of likely N-dealkylation sites (N-methyl/N-ethyl adjacent to an activating group) is 1. The van der Waals surface area contributed by atoms with Gasteiger partial charge < -0.3 is 10.2 Å². The van der Waals surface area contributed by atoms with Crippen molar-refractivity contribution in [1.82, 2.24) is 19.4 Å². The van der Waals surface area contributed by atoms with Crippen LogP contribution in [-0.4, -0.2) is 45.6 Å². The topological polar surface area (TPSA) is 103 Å². The normalized spacial score (nSPS) is 17.1. The summed E-state index contributed by atoms with van der Waals surface area (Å²) in [5.74, 6) is 0. The third-order valence-electron chi connectivity index (χ3n) is 5.64. The van der Waals surface area contributed by atoms with E-state index >= 15 is 0 Å². The lowest BCUT2D eigenvalue weighted by Gasteiger charge is -2.17. The average molecular weight is 417 g/mol. The van der Waals surface area contributed by atoms with Crippen LogP contribution in [0.5, 0.6) is 0 Å². The molecule has 0 fully saturated rings. The second-order valence-electron chi connectivity index (χ2n) is 8.07. The maximum Gasteiger partial charge on any atom is 0.332 e. The molecule has 1 unspecified atom stereocenters. The van der Waals surface area contributed by atoms with E-state index < -0.39 is 15.9 Å². The number of urea groups is 1. The molecule has 0 bridgehead atoms. The number of nitrogens with zero attached hydrogens (tertiary/aromatic N) is 3. The van der Waals surface area contributed by atoms with Crippen molar-refractivity contribution in [2.45, 2.75) is 50.1 Å². The van der Waals surface area contributed by atoms with Crippen molar-refractivity contribution in [3.05, 3.63) is 40.6 Å². The fourth-order valence-electron chi connectivity index (χ4n) is 4.21. The molecule has 2 aliphatic carbocycles. The van der Waals surface area contributed by atoms with E-state index in [1.54, 1.807) is 10.9 Å². The molecule has 4 rings (SSSR count). The number of hydrogen-bond donors (Lipinski definition) is 3. The lowest BCUT2D eigenvalue weighted by atomic mass is 9.99. The zero-order chi connectivity index (χ0) is 20.6. The molecule has 1 aromatic carbocycles. The summed E-state index contributed by atoms with van der Waals surface area (Å²) in [5, 5.41) is 7.20. The van der Waals surface area contributed by atoms with Crippen LogP contribution in [0.2, 0.25) is 0 Å². The SMILES string of the molecule is CN(C)CCn1ccc(S(=N)(=O)NC(=O)Nc2c3c(cc4c2CCC4)CCC3)n1. The Labute approximate surface area is 171 Å². The maximum atomic E-state index is 12.8. The Morgan fingerprint density at radius 1 is 1.21 bits per heavy atom. The van der Waals surface area contributed by atoms with Crippen LogP contribution in [0.1, 0.15) is 35.1 Å². The summed E-state index contributed by atoms with van der Waals surface area (Å²) in [6.45, 7) is 1.40. The Morgan fingerprint density at radius 2 is 1.86 bits per heavy atom. The van der Waals surface area contributed by atoms with E-state index in [2.05, 4.69) is 21.2 Å². The minimum absolute atomic E-state index is 0.0647.